The number of amides is 1. The zero-order valence-corrected chi connectivity index (χ0v) is 12.3. The van der Waals surface area contributed by atoms with E-state index in [1.807, 2.05) is 0 Å². The molecule has 1 N–H and O–H groups in total. The van der Waals surface area contributed by atoms with Crippen molar-refractivity contribution >= 4 is 23.2 Å². The Balaban J connectivity index is 2.01. The molecule has 0 spiro atoms. The molecule has 1 amide bonds. The summed E-state index contributed by atoms with van der Waals surface area (Å²) in [7, 11) is 0. The minimum Gasteiger partial charge on any atom is -0.349 e. The van der Waals surface area contributed by atoms with Gasteiger partial charge in [-0.05, 0) is 19.9 Å². The average Bonchev–Trinajstić information content (AvgIpc) is 2.75. The summed E-state index contributed by atoms with van der Waals surface area (Å²) in [6.07, 6.45) is -0.263. The highest BCUT2D eigenvalue weighted by Gasteiger charge is 2.32. The second-order valence-electron chi connectivity index (χ2n) is 5.06. The Morgan fingerprint density at radius 1 is 1.57 bits per heavy atom. The van der Waals surface area contributed by atoms with Crippen LogP contribution in [0.15, 0.2) is 18.2 Å². The van der Waals surface area contributed by atoms with Crippen LogP contribution in [0.3, 0.4) is 0 Å². The standard InChI is InChI=1S/C13H15ClN2O5/c1-13(2)20-7-8(21-13)6-15-12(17)9-4-3-5-10(11(9)14)16(18)19/h3-5,8H,6-7H2,1-2H3,(H,15,17). The number of nitro benzene ring substituents is 1. The Labute approximate surface area is 126 Å². The minimum atomic E-state index is -0.668. The fraction of sp³-hybridized carbons (Fsp3) is 0.462. The highest BCUT2D eigenvalue weighted by Crippen LogP contribution is 2.27. The molecule has 21 heavy (non-hydrogen) atoms. The third-order valence-electron chi connectivity index (χ3n) is 2.98. The maximum absolute atomic E-state index is 12.0. The van der Waals surface area contributed by atoms with Gasteiger partial charge >= 0.3 is 0 Å². The van der Waals surface area contributed by atoms with Crippen molar-refractivity contribution in [3.8, 4) is 0 Å². The van der Waals surface area contributed by atoms with Crippen LogP contribution in [0.2, 0.25) is 5.02 Å². The first-order chi connectivity index (χ1) is 9.80. The van der Waals surface area contributed by atoms with E-state index < -0.39 is 16.6 Å². The van der Waals surface area contributed by atoms with Crippen LogP contribution in [0.4, 0.5) is 5.69 Å². The van der Waals surface area contributed by atoms with Crippen LogP contribution in [0.5, 0.6) is 0 Å². The number of hydrogen-bond donors (Lipinski definition) is 1. The Kier molecular flexibility index (Phi) is 4.46. The lowest BCUT2D eigenvalue weighted by Gasteiger charge is -2.17. The van der Waals surface area contributed by atoms with Crippen molar-refractivity contribution in [1.82, 2.24) is 5.32 Å². The van der Waals surface area contributed by atoms with Gasteiger partial charge in [0, 0.05) is 12.6 Å². The van der Waals surface area contributed by atoms with E-state index in [1.165, 1.54) is 18.2 Å². The number of halogens is 1. The molecule has 1 fully saturated rings. The normalized spacial score (nSPS) is 20.2. The number of carbonyl (C=O) groups is 1. The fourth-order valence-corrected chi connectivity index (χ4v) is 2.28. The van der Waals surface area contributed by atoms with E-state index >= 15 is 0 Å². The Morgan fingerprint density at radius 2 is 2.29 bits per heavy atom. The molecule has 1 heterocycles. The van der Waals surface area contributed by atoms with E-state index in [0.717, 1.165) is 0 Å². The first kappa shape index (κ1) is 15.7. The highest BCUT2D eigenvalue weighted by molar-refractivity contribution is 6.35. The smallest absolute Gasteiger partial charge is 0.288 e. The number of nitrogens with zero attached hydrogens (tertiary/aromatic N) is 1. The number of ether oxygens (including phenoxy) is 2. The monoisotopic (exact) mass is 314 g/mol. The van der Waals surface area contributed by atoms with E-state index in [2.05, 4.69) is 5.32 Å². The number of rotatable bonds is 4. The van der Waals surface area contributed by atoms with E-state index in [0.29, 0.717) is 6.61 Å². The molecule has 0 bridgehead atoms. The summed E-state index contributed by atoms with van der Waals surface area (Å²) in [6.45, 7) is 4.18. The number of nitrogens with one attached hydrogen (secondary N) is 1. The third-order valence-corrected chi connectivity index (χ3v) is 3.37. The summed E-state index contributed by atoms with van der Waals surface area (Å²) in [5, 5.41) is 13.2. The summed E-state index contributed by atoms with van der Waals surface area (Å²) in [5.41, 5.74) is -0.241. The fourth-order valence-electron chi connectivity index (χ4n) is 2.00. The van der Waals surface area contributed by atoms with Crippen LogP contribution >= 0.6 is 11.6 Å². The van der Waals surface area contributed by atoms with Crippen molar-refractivity contribution in [2.45, 2.75) is 25.7 Å². The summed E-state index contributed by atoms with van der Waals surface area (Å²) in [6, 6.07) is 4.09. The second kappa shape index (κ2) is 5.97. The molecule has 1 aromatic rings. The number of benzene rings is 1. The molecule has 8 heteroatoms. The topological polar surface area (TPSA) is 90.7 Å². The van der Waals surface area contributed by atoms with Gasteiger partial charge < -0.3 is 14.8 Å². The zero-order chi connectivity index (χ0) is 15.6. The van der Waals surface area contributed by atoms with Crippen molar-refractivity contribution < 1.29 is 19.2 Å². The Hall–Kier alpha value is -1.70. The Morgan fingerprint density at radius 3 is 2.86 bits per heavy atom. The molecule has 7 nitrogen and oxygen atoms in total. The number of carbonyl (C=O) groups excluding carboxylic acids is 1. The van der Waals surface area contributed by atoms with Crippen LogP contribution < -0.4 is 5.32 Å². The summed E-state index contributed by atoms with van der Waals surface area (Å²) >= 11 is 5.88. The van der Waals surface area contributed by atoms with Gasteiger partial charge in [-0.1, -0.05) is 17.7 Å². The lowest BCUT2D eigenvalue weighted by Crippen LogP contribution is -2.34. The van der Waals surface area contributed by atoms with Gasteiger partial charge in [0.2, 0.25) is 0 Å². The molecule has 0 aliphatic carbocycles. The molecule has 1 atom stereocenters. The molecule has 1 unspecified atom stereocenters. The van der Waals surface area contributed by atoms with Crippen LogP contribution in [0.25, 0.3) is 0 Å². The van der Waals surface area contributed by atoms with Crippen molar-refractivity contribution in [3.63, 3.8) is 0 Å². The molecular weight excluding hydrogens is 300 g/mol. The van der Waals surface area contributed by atoms with Gasteiger partial charge in [0.1, 0.15) is 11.1 Å². The number of nitro groups is 1. The van der Waals surface area contributed by atoms with Crippen molar-refractivity contribution in [2.24, 2.45) is 0 Å². The third kappa shape index (κ3) is 3.69. The predicted octanol–water partition coefficient (Wildman–Crippen LogP) is 2.13. The quantitative estimate of drug-likeness (QED) is 0.679. The molecule has 1 aliphatic heterocycles. The summed E-state index contributed by atoms with van der Waals surface area (Å²) < 4.78 is 10.9. The van der Waals surface area contributed by atoms with E-state index in [-0.39, 0.29) is 28.9 Å². The van der Waals surface area contributed by atoms with Gasteiger partial charge in [0.05, 0.1) is 17.1 Å². The average molecular weight is 315 g/mol. The van der Waals surface area contributed by atoms with Crippen LogP contribution in [-0.2, 0) is 9.47 Å². The van der Waals surface area contributed by atoms with Crippen LogP contribution in [-0.4, -0.2) is 35.9 Å². The number of hydrogen-bond acceptors (Lipinski definition) is 5. The molecule has 2 rings (SSSR count). The molecule has 0 saturated carbocycles. The van der Waals surface area contributed by atoms with Crippen LogP contribution in [0.1, 0.15) is 24.2 Å². The van der Waals surface area contributed by atoms with Gasteiger partial charge in [-0.2, -0.15) is 0 Å². The molecule has 1 saturated heterocycles. The molecule has 1 aliphatic rings. The van der Waals surface area contributed by atoms with Crippen LogP contribution in [0, 0.1) is 10.1 Å². The van der Waals surface area contributed by atoms with Gasteiger partial charge in [0.15, 0.2) is 5.79 Å². The summed E-state index contributed by atoms with van der Waals surface area (Å²) in [5.74, 6) is -1.16. The Bertz CT molecular complexity index is 576. The molecule has 0 radical (unpaired) electrons. The van der Waals surface area contributed by atoms with Crippen molar-refractivity contribution in [2.75, 3.05) is 13.2 Å². The molecular formula is C13H15ClN2O5. The SMILES string of the molecule is CC1(C)OCC(CNC(=O)c2cccc([N+](=O)[O-])c2Cl)O1. The highest BCUT2D eigenvalue weighted by atomic mass is 35.5. The van der Waals surface area contributed by atoms with E-state index in [1.54, 1.807) is 13.8 Å². The molecule has 0 aromatic heterocycles. The second-order valence-corrected chi connectivity index (χ2v) is 5.43. The van der Waals surface area contributed by atoms with Gasteiger partial charge in [0.25, 0.3) is 11.6 Å². The maximum atomic E-state index is 12.0. The molecule has 114 valence electrons. The first-order valence-electron chi connectivity index (χ1n) is 6.33. The largest absolute Gasteiger partial charge is 0.349 e. The van der Waals surface area contributed by atoms with Gasteiger partial charge in [-0.15, -0.1) is 0 Å². The first-order valence-corrected chi connectivity index (χ1v) is 6.71. The van der Waals surface area contributed by atoms with Crippen molar-refractivity contribution in [1.29, 1.82) is 0 Å². The van der Waals surface area contributed by atoms with Crippen molar-refractivity contribution in [3.05, 3.63) is 38.9 Å². The lowest BCUT2D eigenvalue weighted by molar-refractivity contribution is -0.384. The lowest BCUT2D eigenvalue weighted by atomic mass is 10.2. The van der Waals surface area contributed by atoms with E-state index in [4.69, 9.17) is 21.1 Å². The van der Waals surface area contributed by atoms with Gasteiger partial charge in [-0.3, -0.25) is 14.9 Å². The predicted molar refractivity (Wildman–Crippen MR) is 75.3 cm³/mol. The zero-order valence-electron chi connectivity index (χ0n) is 11.6. The van der Waals surface area contributed by atoms with Gasteiger partial charge in [-0.25, -0.2) is 0 Å². The maximum Gasteiger partial charge on any atom is 0.288 e. The minimum absolute atomic E-state index is 0.0593. The summed E-state index contributed by atoms with van der Waals surface area (Å²) in [4.78, 5) is 22.2. The molecule has 1 aromatic carbocycles. The van der Waals surface area contributed by atoms with E-state index in [9.17, 15) is 14.9 Å².